The van der Waals surface area contributed by atoms with Crippen LogP contribution in [0, 0.1) is 41.5 Å². The Balaban J connectivity index is 2.35. The van der Waals surface area contributed by atoms with Crippen molar-refractivity contribution in [2.45, 2.75) is 54.4 Å². The number of aromatic hydroxyl groups is 2. The van der Waals surface area contributed by atoms with E-state index in [9.17, 15) is 10.2 Å². The fourth-order valence-corrected chi connectivity index (χ4v) is 4.30. The fourth-order valence-electron chi connectivity index (χ4n) is 4.30. The summed E-state index contributed by atoms with van der Waals surface area (Å²) < 4.78 is 5.62. The van der Waals surface area contributed by atoms with Gasteiger partial charge in [-0.05, 0) is 99.5 Å². The maximum atomic E-state index is 11.2. The molecule has 0 saturated carbocycles. The van der Waals surface area contributed by atoms with Gasteiger partial charge in [0.2, 0.25) is 0 Å². The molecule has 0 radical (unpaired) electrons. The highest BCUT2D eigenvalue weighted by atomic mass is 16.5. The van der Waals surface area contributed by atoms with Gasteiger partial charge in [-0.25, -0.2) is 0 Å². The molecule has 30 heavy (non-hydrogen) atoms. The lowest BCUT2D eigenvalue weighted by atomic mass is 9.78. The van der Waals surface area contributed by atoms with Gasteiger partial charge in [0.15, 0.2) is 0 Å². The first-order valence-corrected chi connectivity index (χ1v) is 10.5. The number of phenolic OH excluding ortho intramolecular Hbond substituents is 2. The van der Waals surface area contributed by atoms with E-state index in [1.165, 1.54) is 0 Å². The van der Waals surface area contributed by atoms with Crippen molar-refractivity contribution in [2.24, 2.45) is 0 Å². The molecular weight excluding hydrogens is 372 g/mol. The Morgan fingerprint density at radius 3 is 1.53 bits per heavy atom. The molecule has 3 rings (SSSR count). The minimum absolute atomic E-state index is 0.292. The standard InChI is InChI=1S/C27H32O3/c1-8-30-22-11-9-21(10-12-22)25(23-17(4)13-15(2)19(6)26(23)28)24-18(5)14-16(3)20(7)27(24)29/h9-14,25,28-29H,8H2,1-7H3. The molecule has 0 fully saturated rings. The lowest BCUT2D eigenvalue weighted by Crippen LogP contribution is -2.10. The van der Waals surface area contributed by atoms with E-state index in [1.807, 2.05) is 72.7 Å². The van der Waals surface area contributed by atoms with Crippen LogP contribution < -0.4 is 4.74 Å². The van der Waals surface area contributed by atoms with E-state index in [-0.39, 0.29) is 5.92 Å². The average molecular weight is 405 g/mol. The van der Waals surface area contributed by atoms with Crippen molar-refractivity contribution in [1.82, 2.24) is 0 Å². The predicted molar refractivity (Wildman–Crippen MR) is 123 cm³/mol. The molecule has 3 aromatic rings. The molecular formula is C27H32O3. The molecule has 3 nitrogen and oxygen atoms in total. The third-order valence-corrected chi connectivity index (χ3v) is 6.22. The van der Waals surface area contributed by atoms with Crippen LogP contribution in [0.3, 0.4) is 0 Å². The largest absolute Gasteiger partial charge is 0.507 e. The number of rotatable bonds is 5. The highest BCUT2D eigenvalue weighted by Gasteiger charge is 2.28. The lowest BCUT2D eigenvalue weighted by molar-refractivity contribution is 0.340. The van der Waals surface area contributed by atoms with E-state index in [2.05, 4.69) is 12.1 Å². The van der Waals surface area contributed by atoms with E-state index in [1.54, 1.807) is 0 Å². The smallest absolute Gasteiger partial charge is 0.123 e. The molecule has 0 aliphatic carbocycles. The highest BCUT2D eigenvalue weighted by Crippen LogP contribution is 2.46. The molecule has 0 aromatic heterocycles. The van der Waals surface area contributed by atoms with Gasteiger partial charge in [0.05, 0.1) is 6.61 Å². The predicted octanol–water partition coefficient (Wildman–Crippen LogP) is 6.53. The minimum atomic E-state index is -0.292. The third-order valence-electron chi connectivity index (χ3n) is 6.22. The first-order chi connectivity index (χ1) is 14.2. The van der Waals surface area contributed by atoms with Crippen LogP contribution in [0.1, 0.15) is 62.9 Å². The summed E-state index contributed by atoms with van der Waals surface area (Å²) >= 11 is 0. The molecule has 0 spiro atoms. The second-order valence-corrected chi connectivity index (χ2v) is 8.23. The molecule has 0 heterocycles. The van der Waals surface area contributed by atoms with Gasteiger partial charge in [0, 0.05) is 17.0 Å². The monoisotopic (exact) mass is 404 g/mol. The van der Waals surface area contributed by atoms with Crippen molar-refractivity contribution in [2.75, 3.05) is 6.61 Å². The summed E-state index contributed by atoms with van der Waals surface area (Å²) in [7, 11) is 0. The molecule has 3 heteroatoms. The van der Waals surface area contributed by atoms with Gasteiger partial charge in [0.1, 0.15) is 17.2 Å². The molecule has 0 unspecified atom stereocenters. The molecule has 0 aliphatic rings. The first-order valence-electron chi connectivity index (χ1n) is 10.5. The Labute approximate surface area is 180 Å². The van der Waals surface area contributed by atoms with E-state index in [0.29, 0.717) is 18.1 Å². The number of aryl methyl sites for hydroxylation is 4. The van der Waals surface area contributed by atoms with Crippen molar-refractivity contribution in [3.63, 3.8) is 0 Å². The second kappa shape index (κ2) is 8.43. The summed E-state index contributed by atoms with van der Waals surface area (Å²) in [6.07, 6.45) is 0. The van der Waals surface area contributed by atoms with Gasteiger partial charge in [-0.2, -0.15) is 0 Å². The van der Waals surface area contributed by atoms with Crippen molar-refractivity contribution in [3.8, 4) is 17.2 Å². The summed E-state index contributed by atoms with van der Waals surface area (Å²) in [6.45, 7) is 14.5. The molecule has 158 valence electrons. The van der Waals surface area contributed by atoms with Gasteiger partial charge in [-0.15, -0.1) is 0 Å². The zero-order valence-corrected chi connectivity index (χ0v) is 19.1. The Bertz CT molecular complexity index is 1020. The van der Waals surface area contributed by atoms with Crippen molar-refractivity contribution in [1.29, 1.82) is 0 Å². The van der Waals surface area contributed by atoms with Crippen LogP contribution >= 0.6 is 0 Å². The molecule has 0 bridgehead atoms. The summed E-state index contributed by atoms with van der Waals surface area (Å²) in [5.41, 5.74) is 8.54. The van der Waals surface area contributed by atoms with E-state index < -0.39 is 0 Å². The first kappa shape index (κ1) is 21.8. The molecule has 3 aromatic carbocycles. The Kier molecular flexibility index (Phi) is 6.12. The molecule has 0 saturated heterocycles. The topological polar surface area (TPSA) is 49.7 Å². The van der Waals surface area contributed by atoms with Crippen LogP contribution in [0.15, 0.2) is 36.4 Å². The average Bonchev–Trinajstić information content (AvgIpc) is 2.70. The maximum Gasteiger partial charge on any atom is 0.123 e. The van der Waals surface area contributed by atoms with Crippen LogP contribution in [0.25, 0.3) is 0 Å². The van der Waals surface area contributed by atoms with Crippen LogP contribution in [0.4, 0.5) is 0 Å². The second-order valence-electron chi connectivity index (χ2n) is 8.23. The summed E-state index contributed by atoms with van der Waals surface area (Å²) in [5, 5.41) is 22.4. The maximum absolute atomic E-state index is 11.2. The quantitative estimate of drug-likeness (QED) is 0.476. The van der Waals surface area contributed by atoms with Crippen LogP contribution in [0.2, 0.25) is 0 Å². The lowest BCUT2D eigenvalue weighted by Gasteiger charge is -2.27. The Morgan fingerprint density at radius 1 is 0.700 bits per heavy atom. The number of phenols is 2. The SMILES string of the molecule is CCOc1ccc(C(c2c(C)cc(C)c(C)c2O)c2c(C)cc(C)c(C)c2O)cc1. The van der Waals surface area contributed by atoms with E-state index in [0.717, 1.165) is 55.8 Å². The number of benzene rings is 3. The molecule has 0 amide bonds. The van der Waals surface area contributed by atoms with E-state index >= 15 is 0 Å². The van der Waals surface area contributed by atoms with Gasteiger partial charge in [-0.1, -0.05) is 24.3 Å². The minimum Gasteiger partial charge on any atom is -0.507 e. The zero-order valence-electron chi connectivity index (χ0n) is 19.1. The van der Waals surface area contributed by atoms with Crippen molar-refractivity contribution >= 4 is 0 Å². The fraction of sp³-hybridized carbons (Fsp3) is 0.333. The van der Waals surface area contributed by atoms with Crippen LogP contribution in [-0.2, 0) is 0 Å². The molecule has 2 N–H and O–H groups in total. The zero-order chi connectivity index (χ0) is 22.2. The van der Waals surface area contributed by atoms with Gasteiger partial charge < -0.3 is 14.9 Å². The summed E-state index contributed by atoms with van der Waals surface area (Å²) in [5.74, 6) is 1.10. The summed E-state index contributed by atoms with van der Waals surface area (Å²) in [4.78, 5) is 0. The molecule has 0 atom stereocenters. The van der Waals surface area contributed by atoms with Crippen LogP contribution in [-0.4, -0.2) is 16.8 Å². The Morgan fingerprint density at radius 2 is 1.13 bits per heavy atom. The number of ether oxygens (including phenoxy) is 1. The van der Waals surface area contributed by atoms with Crippen molar-refractivity contribution < 1.29 is 14.9 Å². The number of hydrogen-bond donors (Lipinski definition) is 2. The van der Waals surface area contributed by atoms with Gasteiger partial charge >= 0.3 is 0 Å². The molecule has 0 aliphatic heterocycles. The van der Waals surface area contributed by atoms with Gasteiger partial charge in [0.25, 0.3) is 0 Å². The normalized spacial score (nSPS) is 11.2. The van der Waals surface area contributed by atoms with Gasteiger partial charge in [-0.3, -0.25) is 0 Å². The summed E-state index contributed by atoms with van der Waals surface area (Å²) in [6, 6.07) is 12.2. The van der Waals surface area contributed by atoms with E-state index in [4.69, 9.17) is 4.74 Å². The highest BCUT2D eigenvalue weighted by molar-refractivity contribution is 5.62. The van der Waals surface area contributed by atoms with Crippen molar-refractivity contribution in [3.05, 3.63) is 86.5 Å². The van der Waals surface area contributed by atoms with Crippen LogP contribution in [0.5, 0.6) is 17.2 Å². The third kappa shape index (κ3) is 3.77. The Hall–Kier alpha value is -2.94. The number of hydrogen-bond acceptors (Lipinski definition) is 3.